The summed E-state index contributed by atoms with van der Waals surface area (Å²) in [7, 11) is 0. The first-order chi connectivity index (χ1) is 10.2. The molecule has 1 aromatic rings. The molecule has 1 rings (SSSR count). The van der Waals surface area contributed by atoms with Crippen LogP contribution in [0.3, 0.4) is 0 Å². The van der Waals surface area contributed by atoms with E-state index in [9.17, 15) is 23.1 Å². The third-order valence-corrected chi connectivity index (χ3v) is 2.59. The number of allylic oxidation sites excluding steroid dienone is 1. The number of carbonyl (C=O) groups excluding carboxylic acids is 1. The van der Waals surface area contributed by atoms with E-state index in [2.05, 4.69) is 0 Å². The van der Waals surface area contributed by atoms with Gasteiger partial charge in [0.15, 0.2) is 11.3 Å². The summed E-state index contributed by atoms with van der Waals surface area (Å²) in [6.45, 7) is 3.16. The van der Waals surface area contributed by atoms with Crippen LogP contribution in [0.1, 0.15) is 19.4 Å². The Bertz CT molecular complexity index is 614. The van der Waals surface area contributed by atoms with Crippen molar-refractivity contribution >= 4 is 5.91 Å². The number of nitriles is 1. The highest BCUT2D eigenvalue weighted by atomic mass is 19.4. The molecule has 0 aromatic heterocycles. The van der Waals surface area contributed by atoms with Crippen LogP contribution in [0.15, 0.2) is 35.6 Å². The molecule has 1 amide bonds. The van der Waals surface area contributed by atoms with Crippen molar-refractivity contribution in [3.63, 3.8) is 0 Å². The number of hydrogen-bond donors (Lipinski definition) is 2. The number of aliphatic hydroxyl groups excluding tert-OH is 1. The molecule has 8 heteroatoms. The van der Waals surface area contributed by atoms with E-state index in [-0.39, 0.29) is 5.75 Å². The molecule has 0 unspecified atom stereocenters. The van der Waals surface area contributed by atoms with Gasteiger partial charge in [0.25, 0.3) is 5.91 Å². The highest BCUT2D eigenvalue weighted by Crippen LogP contribution is 2.30. The Morgan fingerprint density at radius 3 is 2.27 bits per heavy atom. The van der Waals surface area contributed by atoms with Gasteiger partial charge in [0.1, 0.15) is 11.8 Å². The van der Waals surface area contributed by atoms with Crippen molar-refractivity contribution in [3.8, 4) is 11.8 Å². The quantitative estimate of drug-likeness (QED) is 0.387. The third-order valence-electron chi connectivity index (χ3n) is 2.59. The Kier molecular flexibility index (Phi) is 5.40. The molecule has 0 aliphatic carbocycles. The van der Waals surface area contributed by atoms with Crippen molar-refractivity contribution in [2.45, 2.75) is 20.0 Å². The van der Waals surface area contributed by atoms with Crippen molar-refractivity contribution in [1.82, 2.24) is 5.48 Å². The Balaban J connectivity index is 2.77. The second kappa shape index (κ2) is 6.85. The van der Waals surface area contributed by atoms with Crippen LogP contribution in [-0.4, -0.2) is 11.0 Å². The van der Waals surface area contributed by atoms with Gasteiger partial charge >= 0.3 is 6.18 Å². The van der Waals surface area contributed by atoms with E-state index < -0.39 is 34.9 Å². The zero-order valence-corrected chi connectivity index (χ0v) is 11.7. The number of hydrogen-bond acceptors (Lipinski definition) is 4. The minimum atomic E-state index is -4.47. The average Bonchev–Trinajstić information content (AvgIpc) is 2.45. The number of benzene rings is 1. The van der Waals surface area contributed by atoms with Gasteiger partial charge < -0.3 is 9.94 Å². The number of halogens is 3. The predicted octanol–water partition coefficient (Wildman–Crippen LogP) is 3.11. The molecule has 1 aromatic carbocycles. The van der Waals surface area contributed by atoms with Gasteiger partial charge in [0.2, 0.25) is 0 Å². The molecule has 0 spiro atoms. The van der Waals surface area contributed by atoms with E-state index in [1.807, 2.05) is 5.48 Å². The molecule has 0 heterocycles. The van der Waals surface area contributed by atoms with E-state index in [1.54, 1.807) is 13.8 Å². The molecule has 0 saturated heterocycles. The van der Waals surface area contributed by atoms with E-state index in [1.165, 1.54) is 6.07 Å². The van der Waals surface area contributed by atoms with Gasteiger partial charge in [-0.05, 0) is 24.3 Å². The lowest BCUT2D eigenvalue weighted by Crippen LogP contribution is -2.29. The molecule has 0 fully saturated rings. The van der Waals surface area contributed by atoms with Crippen molar-refractivity contribution in [3.05, 3.63) is 41.2 Å². The third kappa shape index (κ3) is 4.41. The fourth-order valence-corrected chi connectivity index (χ4v) is 1.38. The average molecular weight is 314 g/mol. The van der Waals surface area contributed by atoms with E-state index in [0.717, 1.165) is 24.3 Å². The molecule has 0 aliphatic rings. The SMILES string of the molecule is CC(C)/C(O)=C(/C#N)C(=O)NOc1ccc(C(F)(F)F)cc1. The van der Waals surface area contributed by atoms with Crippen LogP contribution >= 0.6 is 0 Å². The van der Waals surface area contributed by atoms with Crippen LogP contribution < -0.4 is 10.3 Å². The first-order valence-electron chi connectivity index (χ1n) is 6.14. The maximum atomic E-state index is 12.4. The van der Waals surface area contributed by atoms with Gasteiger partial charge in [-0.15, -0.1) is 0 Å². The van der Waals surface area contributed by atoms with Crippen molar-refractivity contribution < 1.29 is 27.9 Å². The summed E-state index contributed by atoms with van der Waals surface area (Å²) in [6.07, 6.45) is -4.47. The monoisotopic (exact) mass is 314 g/mol. The summed E-state index contributed by atoms with van der Waals surface area (Å²) in [5.41, 5.74) is 0.497. The van der Waals surface area contributed by atoms with Gasteiger partial charge in [-0.25, -0.2) is 0 Å². The summed E-state index contributed by atoms with van der Waals surface area (Å²) < 4.78 is 37.1. The predicted molar refractivity (Wildman–Crippen MR) is 70.3 cm³/mol. The molecule has 0 radical (unpaired) electrons. The van der Waals surface area contributed by atoms with Crippen LogP contribution in [0.25, 0.3) is 0 Å². The maximum Gasteiger partial charge on any atom is 0.416 e. The standard InChI is InChI=1S/C14H13F3N2O3/c1-8(2)12(20)11(7-18)13(21)19-22-10-5-3-9(4-6-10)14(15,16)17/h3-6,8,20H,1-2H3,(H,19,21)/b12-11+. The number of nitrogens with one attached hydrogen (secondary N) is 1. The van der Waals surface area contributed by atoms with Crippen molar-refractivity contribution in [1.29, 1.82) is 5.26 Å². The Labute approximate surface area is 124 Å². The number of nitrogens with zero attached hydrogens (tertiary/aromatic N) is 1. The number of alkyl halides is 3. The molecule has 5 nitrogen and oxygen atoms in total. The summed E-state index contributed by atoms with van der Waals surface area (Å²) in [4.78, 5) is 16.4. The molecule has 22 heavy (non-hydrogen) atoms. The van der Waals surface area contributed by atoms with Crippen molar-refractivity contribution in [2.75, 3.05) is 0 Å². The number of carbonyl (C=O) groups is 1. The Morgan fingerprint density at radius 1 is 1.32 bits per heavy atom. The zero-order chi connectivity index (χ0) is 16.9. The lowest BCUT2D eigenvalue weighted by molar-refractivity contribution is -0.137. The number of hydroxylamine groups is 1. The molecule has 0 saturated carbocycles. The summed E-state index contributed by atoms with van der Waals surface area (Å²) in [5, 5.41) is 18.4. The fourth-order valence-electron chi connectivity index (χ4n) is 1.38. The highest BCUT2D eigenvalue weighted by Gasteiger charge is 2.30. The molecule has 0 atom stereocenters. The smallest absolute Gasteiger partial charge is 0.416 e. The van der Waals surface area contributed by atoms with Crippen LogP contribution in [0, 0.1) is 17.2 Å². The fraction of sp³-hybridized carbons (Fsp3) is 0.286. The first-order valence-corrected chi connectivity index (χ1v) is 6.14. The first kappa shape index (κ1) is 17.4. The van der Waals surface area contributed by atoms with Gasteiger partial charge in [0.05, 0.1) is 5.56 Å². The largest absolute Gasteiger partial charge is 0.510 e. The van der Waals surface area contributed by atoms with Gasteiger partial charge in [0, 0.05) is 5.92 Å². The van der Waals surface area contributed by atoms with Gasteiger partial charge in [-0.2, -0.15) is 23.9 Å². The second-order valence-corrected chi connectivity index (χ2v) is 4.58. The Hall–Kier alpha value is -2.69. The molecular formula is C14H13F3N2O3. The number of aliphatic hydroxyl groups is 1. The van der Waals surface area contributed by atoms with Crippen LogP contribution in [0.4, 0.5) is 13.2 Å². The molecular weight excluding hydrogens is 301 g/mol. The van der Waals surface area contributed by atoms with Gasteiger partial charge in [-0.1, -0.05) is 13.8 Å². The van der Waals surface area contributed by atoms with Gasteiger partial charge in [-0.3, -0.25) is 4.79 Å². The summed E-state index contributed by atoms with van der Waals surface area (Å²) in [5.74, 6) is -1.89. The van der Waals surface area contributed by atoms with Crippen molar-refractivity contribution in [2.24, 2.45) is 5.92 Å². The molecule has 0 bridgehead atoms. The van der Waals surface area contributed by atoms with Crippen LogP contribution in [-0.2, 0) is 11.0 Å². The van der Waals surface area contributed by atoms with E-state index in [0.29, 0.717) is 0 Å². The molecule has 0 aliphatic heterocycles. The topological polar surface area (TPSA) is 82.3 Å². The highest BCUT2D eigenvalue weighted by molar-refractivity contribution is 5.97. The lowest BCUT2D eigenvalue weighted by atomic mass is 10.1. The summed E-state index contributed by atoms with van der Waals surface area (Å²) >= 11 is 0. The normalized spacial score (nSPS) is 12.4. The van der Waals surface area contributed by atoms with Crippen LogP contribution in [0.2, 0.25) is 0 Å². The minimum Gasteiger partial charge on any atom is -0.510 e. The lowest BCUT2D eigenvalue weighted by Gasteiger charge is -2.10. The molecule has 118 valence electrons. The van der Waals surface area contributed by atoms with Crippen LogP contribution in [0.5, 0.6) is 5.75 Å². The summed E-state index contributed by atoms with van der Waals surface area (Å²) in [6, 6.07) is 5.14. The Morgan fingerprint density at radius 2 is 1.86 bits per heavy atom. The van der Waals surface area contributed by atoms with E-state index in [4.69, 9.17) is 10.1 Å². The maximum absolute atomic E-state index is 12.4. The zero-order valence-electron chi connectivity index (χ0n) is 11.7. The number of amides is 1. The second-order valence-electron chi connectivity index (χ2n) is 4.58. The van der Waals surface area contributed by atoms with E-state index >= 15 is 0 Å². The molecule has 2 N–H and O–H groups in total. The number of rotatable bonds is 4. The minimum absolute atomic E-state index is 0.0531.